The smallest absolute Gasteiger partial charge is 0.277 e. The maximum Gasteiger partial charge on any atom is 0.277 e. The summed E-state index contributed by atoms with van der Waals surface area (Å²) in [4.78, 5) is 28.6. The van der Waals surface area contributed by atoms with Crippen LogP contribution in [-0.2, 0) is 11.3 Å². The second-order valence-corrected chi connectivity index (χ2v) is 5.67. The Bertz CT molecular complexity index is 846. The van der Waals surface area contributed by atoms with Crippen molar-refractivity contribution in [2.45, 2.75) is 25.9 Å². The maximum absolute atomic E-state index is 13.1. The second kappa shape index (κ2) is 7.61. The van der Waals surface area contributed by atoms with E-state index in [9.17, 15) is 14.0 Å². The van der Waals surface area contributed by atoms with Gasteiger partial charge in [0.1, 0.15) is 23.9 Å². The average Bonchev–Trinajstić information content (AvgIpc) is 2.52. The van der Waals surface area contributed by atoms with Gasteiger partial charge in [0, 0.05) is 18.0 Å². The number of aromatic nitrogens is 2. The van der Waals surface area contributed by atoms with Crippen molar-refractivity contribution in [3.05, 3.63) is 59.0 Å². The van der Waals surface area contributed by atoms with Crippen LogP contribution in [0.4, 0.5) is 10.1 Å². The van der Waals surface area contributed by atoms with Crippen molar-refractivity contribution in [3.8, 4) is 11.4 Å². The van der Waals surface area contributed by atoms with Gasteiger partial charge in [-0.05, 0) is 31.2 Å². The number of nitrogens with zero attached hydrogens (tertiary/aromatic N) is 2. The zero-order valence-electron chi connectivity index (χ0n) is 13.7. The SMILES string of the molecule is C=C(O)C[C@@H](C)NC(=O)Cn1c(-c2ccc(F)cc2)ncc(N)c1=O. The Morgan fingerprint density at radius 2 is 2.08 bits per heavy atom. The van der Waals surface area contributed by atoms with Gasteiger partial charge in [0.25, 0.3) is 5.56 Å². The summed E-state index contributed by atoms with van der Waals surface area (Å²) < 4.78 is 14.2. The lowest BCUT2D eigenvalue weighted by molar-refractivity contribution is -0.122. The van der Waals surface area contributed by atoms with E-state index in [1.165, 1.54) is 30.5 Å². The highest BCUT2D eigenvalue weighted by Crippen LogP contribution is 2.16. The topological polar surface area (TPSA) is 110 Å². The van der Waals surface area contributed by atoms with Gasteiger partial charge in [0.05, 0.1) is 12.0 Å². The fourth-order valence-electron chi connectivity index (χ4n) is 2.35. The van der Waals surface area contributed by atoms with Gasteiger partial charge in [-0.15, -0.1) is 0 Å². The monoisotopic (exact) mass is 346 g/mol. The Labute approximate surface area is 143 Å². The van der Waals surface area contributed by atoms with Crippen LogP contribution in [0.3, 0.4) is 0 Å². The molecule has 2 aromatic rings. The van der Waals surface area contributed by atoms with Crippen LogP contribution in [0, 0.1) is 5.82 Å². The summed E-state index contributed by atoms with van der Waals surface area (Å²) in [6.07, 6.45) is 1.40. The van der Waals surface area contributed by atoms with E-state index in [4.69, 9.17) is 10.8 Å². The Balaban J connectivity index is 2.31. The fraction of sp³-hybridized carbons (Fsp3) is 0.235. The molecule has 4 N–H and O–H groups in total. The Morgan fingerprint density at radius 3 is 2.68 bits per heavy atom. The van der Waals surface area contributed by atoms with Gasteiger partial charge >= 0.3 is 0 Å². The third-order valence-electron chi connectivity index (χ3n) is 3.43. The molecular formula is C17H19FN4O3. The first kappa shape index (κ1) is 18.2. The Kier molecular flexibility index (Phi) is 5.53. The van der Waals surface area contributed by atoms with Gasteiger partial charge in [-0.1, -0.05) is 6.58 Å². The van der Waals surface area contributed by atoms with E-state index in [0.29, 0.717) is 5.56 Å². The zero-order chi connectivity index (χ0) is 18.6. The lowest BCUT2D eigenvalue weighted by Crippen LogP contribution is -2.38. The summed E-state index contributed by atoms with van der Waals surface area (Å²) in [5, 5.41) is 11.8. The lowest BCUT2D eigenvalue weighted by atomic mass is 10.2. The number of aliphatic hydroxyl groups is 1. The van der Waals surface area contributed by atoms with Gasteiger partial charge in [-0.2, -0.15) is 0 Å². The summed E-state index contributed by atoms with van der Waals surface area (Å²) in [7, 11) is 0. The molecule has 0 spiro atoms. The maximum atomic E-state index is 13.1. The molecule has 0 aliphatic heterocycles. The molecule has 1 atom stereocenters. The van der Waals surface area contributed by atoms with Crippen molar-refractivity contribution in [2.24, 2.45) is 0 Å². The van der Waals surface area contributed by atoms with Crippen LogP contribution in [0.15, 0.2) is 47.6 Å². The van der Waals surface area contributed by atoms with E-state index in [-0.39, 0.29) is 36.3 Å². The Hall–Kier alpha value is -3.16. The summed E-state index contributed by atoms with van der Waals surface area (Å²) in [6, 6.07) is 5.03. The number of amides is 1. The molecule has 0 aliphatic carbocycles. The molecule has 0 radical (unpaired) electrons. The van der Waals surface area contributed by atoms with Crippen LogP contribution in [0.5, 0.6) is 0 Å². The van der Waals surface area contributed by atoms with Gasteiger partial charge in [-0.3, -0.25) is 14.2 Å². The third-order valence-corrected chi connectivity index (χ3v) is 3.43. The quantitative estimate of drug-likeness (QED) is 0.688. The number of nitrogen functional groups attached to an aromatic ring is 1. The van der Waals surface area contributed by atoms with Crippen molar-refractivity contribution in [3.63, 3.8) is 0 Å². The number of nitrogens with one attached hydrogen (secondary N) is 1. The molecule has 0 bridgehead atoms. The highest BCUT2D eigenvalue weighted by atomic mass is 19.1. The van der Waals surface area contributed by atoms with Crippen LogP contribution in [0.2, 0.25) is 0 Å². The molecule has 25 heavy (non-hydrogen) atoms. The van der Waals surface area contributed by atoms with Crippen LogP contribution in [-0.4, -0.2) is 26.6 Å². The normalized spacial score (nSPS) is 11.8. The standard InChI is InChI=1S/C17H19FN4O3/c1-10(7-11(2)23)21-15(24)9-22-16(20-8-14(19)17(22)25)12-3-5-13(18)6-4-12/h3-6,8,10,23H,2,7,9,19H2,1H3,(H,21,24)/t10-/m1/s1. The molecule has 8 heteroatoms. The molecule has 1 heterocycles. The van der Waals surface area contributed by atoms with Crippen molar-refractivity contribution >= 4 is 11.6 Å². The number of hydrogen-bond donors (Lipinski definition) is 3. The van der Waals surface area contributed by atoms with Crippen LogP contribution in [0.1, 0.15) is 13.3 Å². The van der Waals surface area contributed by atoms with E-state index < -0.39 is 17.3 Å². The van der Waals surface area contributed by atoms with Crippen molar-refractivity contribution in [1.29, 1.82) is 0 Å². The van der Waals surface area contributed by atoms with Crippen molar-refractivity contribution in [2.75, 3.05) is 5.73 Å². The molecule has 1 aromatic heterocycles. The molecule has 132 valence electrons. The predicted molar refractivity (Wildman–Crippen MR) is 92.3 cm³/mol. The highest BCUT2D eigenvalue weighted by molar-refractivity contribution is 5.77. The number of rotatable bonds is 6. The van der Waals surface area contributed by atoms with E-state index >= 15 is 0 Å². The first-order valence-electron chi connectivity index (χ1n) is 7.55. The number of halogens is 1. The summed E-state index contributed by atoms with van der Waals surface area (Å²) >= 11 is 0. The van der Waals surface area contributed by atoms with Crippen LogP contribution < -0.4 is 16.6 Å². The number of aliphatic hydroxyl groups excluding tert-OH is 1. The zero-order valence-corrected chi connectivity index (χ0v) is 13.7. The summed E-state index contributed by atoms with van der Waals surface area (Å²) in [5.74, 6) is -0.730. The summed E-state index contributed by atoms with van der Waals surface area (Å²) in [6.45, 7) is 4.75. The van der Waals surface area contributed by atoms with E-state index in [1.807, 2.05) is 0 Å². The van der Waals surface area contributed by atoms with Gasteiger partial charge in [-0.25, -0.2) is 9.37 Å². The molecule has 1 amide bonds. The molecule has 0 saturated heterocycles. The van der Waals surface area contributed by atoms with Gasteiger partial charge in [0.15, 0.2) is 0 Å². The Morgan fingerprint density at radius 1 is 1.44 bits per heavy atom. The minimum Gasteiger partial charge on any atom is -0.513 e. The predicted octanol–water partition coefficient (Wildman–Crippen LogP) is 1.60. The molecule has 0 fully saturated rings. The van der Waals surface area contributed by atoms with Crippen LogP contribution >= 0.6 is 0 Å². The largest absolute Gasteiger partial charge is 0.513 e. The first-order valence-corrected chi connectivity index (χ1v) is 7.55. The van der Waals surface area contributed by atoms with Gasteiger partial charge < -0.3 is 16.2 Å². The first-order chi connectivity index (χ1) is 11.8. The molecular weight excluding hydrogens is 327 g/mol. The molecule has 1 aromatic carbocycles. The molecule has 2 rings (SSSR count). The highest BCUT2D eigenvalue weighted by Gasteiger charge is 2.15. The van der Waals surface area contributed by atoms with Crippen molar-refractivity contribution in [1.82, 2.24) is 14.9 Å². The average molecular weight is 346 g/mol. The molecule has 0 unspecified atom stereocenters. The van der Waals surface area contributed by atoms with E-state index in [2.05, 4.69) is 16.9 Å². The second-order valence-electron chi connectivity index (χ2n) is 5.67. The minimum atomic E-state index is -0.566. The number of hydrogen-bond acceptors (Lipinski definition) is 5. The number of carbonyl (C=O) groups excluding carboxylic acids is 1. The van der Waals surface area contributed by atoms with E-state index in [1.54, 1.807) is 6.92 Å². The number of anilines is 1. The minimum absolute atomic E-state index is 0.0532. The molecule has 0 aliphatic rings. The van der Waals surface area contributed by atoms with Gasteiger partial charge in [0.2, 0.25) is 5.91 Å². The van der Waals surface area contributed by atoms with Crippen molar-refractivity contribution < 1.29 is 14.3 Å². The number of benzene rings is 1. The fourth-order valence-corrected chi connectivity index (χ4v) is 2.35. The summed E-state index contributed by atoms with van der Waals surface area (Å²) in [5.41, 5.74) is 5.41. The number of carbonyl (C=O) groups is 1. The third kappa shape index (κ3) is 4.66. The molecule has 7 nitrogen and oxygen atoms in total. The van der Waals surface area contributed by atoms with Crippen LogP contribution in [0.25, 0.3) is 11.4 Å². The lowest BCUT2D eigenvalue weighted by Gasteiger charge is -2.16. The van der Waals surface area contributed by atoms with E-state index in [0.717, 1.165) is 4.57 Å². The molecule has 0 saturated carbocycles. The number of nitrogens with two attached hydrogens (primary N) is 1.